The first-order chi connectivity index (χ1) is 15.3. The number of rotatable bonds is 7. The number of nitrogens with zero attached hydrogens (tertiary/aromatic N) is 1. The van der Waals surface area contributed by atoms with E-state index in [0.29, 0.717) is 10.8 Å². The first-order valence-electron chi connectivity index (χ1n) is 10.2. The zero-order valence-electron chi connectivity index (χ0n) is 18.4. The highest BCUT2D eigenvalue weighted by Gasteiger charge is 2.63. The van der Waals surface area contributed by atoms with Crippen molar-refractivity contribution in [2.24, 2.45) is 10.7 Å². The molecule has 1 amide bonds. The Kier molecular flexibility index (Phi) is 7.06. The monoisotopic (exact) mass is 484 g/mol. The summed E-state index contributed by atoms with van der Waals surface area (Å²) in [4.78, 5) is 16.9. The highest BCUT2D eigenvalue weighted by molar-refractivity contribution is 8.14. The Hall–Kier alpha value is -1.34. The second-order valence-corrected chi connectivity index (χ2v) is 10.1. The fourth-order valence-corrected chi connectivity index (χ4v) is 6.07. The van der Waals surface area contributed by atoms with E-state index in [1.54, 1.807) is 39.8 Å². The molecule has 3 aliphatic heterocycles. The van der Waals surface area contributed by atoms with Gasteiger partial charge in [0.2, 0.25) is 11.6 Å². The molecule has 32 heavy (non-hydrogen) atoms. The van der Waals surface area contributed by atoms with Gasteiger partial charge in [-0.15, -0.1) is 11.8 Å². The molecule has 0 aromatic heterocycles. The zero-order chi connectivity index (χ0) is 22.9. The maximum absolute atomic E-state index is 11.0. The molecule has 0 bridgehead atoms. The molecule has 176 valence electrons. The molecule has 9 nitrogen and oxygen atoms in total. The van der Waals surface area contributed by atoms with Crippen LogP contribution in [-0.2, 0) is 28.4 Å². The van der Waals surface area contributed by atoms with Crippen LogP contribution < -0.4 is 5.73 Å². The summed E-state index contributed by atoms with van der Waals surface area (Å²) in [5.41, 5.74) is 4.80. The summed E-state index contributed by atoms with van der Waals surface area (Å²) >= 11 is 3.09. The summed E-state index contributed by atoms with van der Waals surface area (Å²) < 4.78 is 35.7. The SMILES string of the molecule is CO[C@@]1(C)O[C@@H]2[C@H]3N=C(COC(N)=O)S[C@H]3O[C@H](CSc3ccccc3)[C@H]2O[C@]1(C)OC. The van der Waals surface area contributed by atoms with Crippen LogP contribution in [0, 0.1) is 0 Å². The third-order valence-corrected chi connectivity index (χ3v) is 8.20. The zero-order valence-corrected chi connectivity index (χ0v) is 20.0. The molecule has 11 heteroatoms. The lowest BCUT2D eigenvalue weighted by Gasteiger charge is -2.56. The van der Waals surface area contributed by atoms with Crippen molar-refractivity contribution in [2.75, 3.05) is 26.6 Å². The number of methoxy groups -OCH3 is 2. The Morgan fingerprint density at radius 3 is 2.44 bits per heavy atom. The normalized spacial score (nSPS) is 38.5. The van der Waals surface area contributed by atoms with Crippen LogP contribution in [0.4, 0.5) is 4.79 Å². The van der Waals surface area contributed by atoms with Crippen LogP contribution in [0.25, 0.3) is 0 Å². The van der Waals surface area contributed by atoms with Gasteiger partial charge in [0, 0.05) is 24.9 Å². The van der Waals surface area contributed by atoms with Crippen molar-refractivity contribution < 1.29 is 33.2 Å². The maximum Gasteiger partial charge on any atom is 0.404 e. The molecule has 0 spiro atoms. The van der Waals surface area contributed by atoms with E-state index in [-0.39, 0.29) is 24.2 Å². The quantitative estimate of drug-likeness (QED) is 0.584. The van der Waals surface area contributed by atoms with Gasteiger partial charge < -0.3 is 34.2 Å². The van der Waals surface area contributed by atoms with E-state index < -0.39 is 29.9 Å². The van der Waals surface area contributed by atoms with Crippen LogP contribution in [0.1, 0.15) is 13.8 Å². The van der Waals surface area contributed by atoms with Gasteiger partial charge in [0.25, 0.3) is 0 Å². The Morgan fingerprint density at radius 2 is 1.81 bits per heavy atom. The average Bonchev–Trinajstić information content (AvgIpc) is 3.21. The molecule has 0 unspecified atom stereocenters. The molecule has 0 saturated carbocycles. The topological polar surface area (TPSA) is 111 Å². The summed E-state index contributed by atoms with van der Waals surface area (Å²) in [6.07, 6.45) is -2.02. The van der Waals surface area contributed by atoms with E-state index in [4.69, 9.17) is 39.1 Å². The van der Waals surface area contributed by atoms with Crippen LogP contribution in [0.3, 0.4) is 0 Å². The Morgan fingerprint density at radius 1 is 1.16 bits per heavy atom. The lowest BCUT2D eigenvalue weighted by Crippen LogP contribution is -2.71. The van der Waals surface area contributed by atoms with Gasteiger partial charge in [0.05, 0.1) is 6.10 Å². The number of amides is 1. The Balaban J connectivity index is 1.59. The predicted octanol–water partition coefficient (Wildman–Crippen LogP) is 2.62. The molecule has 4 rings (SSSR count). The van der Waals surface area contributed by atoms with Crippen LogP contribution in [0.2, 0.25) is 0 Å². The molecule has 1 aromatic rings. The molecular weight excluding hydrogens is 456 g/mol. The van der Waals surface area contributed by atoms with E-state index >= 15 is 0 Å². The number of hydrogen-bond acceptors (Lipinski definition) is 10. The number of aliphatic imine (C=N–C) groups is 1. The van der Waals surface area contributed by atoms with Gasteiger partial charge in [-0.2, -0.15) is 0 Å². The van der Waals surface area contributed by atoms with Crippen molar-refractivity contribution >= 4 is 34.7 Å². The fraction of sp³-hybridized carbons (Fsp3) is 0.619. The molecule has 0 radical (unpaired) electrons. The number of benzene rings is 1. The second kappa shape index (κ2) is 9.49. The van der Waals surface area contributed by atoms with Gasteiger partial charge in [0.15, 0.2) is 0 Å². The Labute approximate surface area is 195 Å². The van der Waals surface area contributed by atoms with Crippen LogP contribution in [0.15, 0.2) is 40.2 Å². The number of thioether (sulfide) groups is 2. The first-order valence-corrected chi connectivity index (χ1v) is 12.1. The molecule has 1 aromatic carbocycles. The van der Waals surface area contributed by atoms with Crippen molar-refractivity contribution in [3.05, 3.63) is 30.3 Å². The standard InChI is InChI=1S/C21H28N2O7S2/c1-20(25-3)21(2,26-4)30-17-15-18(32-14(23-15)10-27-19(22)24)28-13(16(17)29-20)11-31-12-8-6-5-7-9-12/h5-9,13,15-18H,10-11H2,1-4H3,(H2,22,24)/t13-,15-,16-,17-,18-,20+,21+/m1/s1. The number of nitrogens with two attached hydrogens (primary N) is 1. The fourth-order valence-electron chi connectivity index (χ4n) is 3.97. The third kappa shape index (κ3) is 4.52. The average molecular weight is 485 g/mol. The molecular formula is C21H28N2O7S2. The highest BCUT2D eigenvalue weighted by Crippen LogP contribution is 2.48. The number of fused-ring (bicyclic) bond motifs is 3. The second-order valence-electron chi connectivity index (χ2n) is 7.87. The van der Waals surface area contributed by atoms with Gasteiger partial charge in [-0.25, -0.2) is 4.79 Å². The molecule has 3 heterocycles. The van der Waals surface area contributed by atoms with Gasteiger partial charge in [-0.1, -0.05) is 30.0 Å². The highest BCUT2D eigenvalue weighted by atomic mass is 32.2. The molecule has 2 fully saturated rings. The number of primary amides is 1. The summed E-state index contributed by atoms with van der Waals surface area (Å²) in [5, 5.41) is 0.622. The van der Waals surface area contributed by atoms with Crippen LogP contribution in [0.5, 0.6) is 0 Å². The molecule has 7 atom stereocenters. The Bertz CT molecular complexity index is 860. The van der Waals surface area contributed by atoms with Crippen molar-refractivity contribution in [1.29, 1.82) is 0 Å². The molecule has 2 N–H and O–H groups in total. The van der Waals surface area contributed by atoms with Gasteiger partial charge >= 0.3 is 6.09 Å². The van der Waals surface area contributed by atoms with E-state index in [1.165, 1.54) is 11.8 Å². The number of carbonyl (C=O) groups is 1. The van der Waals surface area contributed by atoms with E-state index in [0.717, 1.165) is 4.90 Å². The molecule has 3 aliphatic rings. The largest absolute Gasteiger partial charge is 0.443 e. The minimum absolute atomic E-state index is 0.00460. The lowest BCUT2D eigenvalue weighted by atomic mass is 9.94. The van der Waals surface area contributed by atoms with E-state index in [2.05, 4.69) is 12.1 Å². The van der Waals surface area contributed by atoms with Crippen molar-refractivity contribution in [3.8, 4) is 0 Å². The van der Waals surface area contributed by atoms with Crippen molar-refractivity contribution in [3.63, 3.8) is 0 Å². The maximum atomic E-state index is 11.0. The predicted molar refractivity (Wildman–Crippen MR) is 121 cm³/mol. The summed E-state index contributed by atoms with van der Waals surface area (Å²) in [7, 11) is 3.11. The summed E-state index contributed by atoms with van der Waals surface area (Å²) in [6.45, 7) is 3.57. The van der Waals surface area contributed by atoms with E-state index in [9.17, 15) is 4.79 Å². The smallest absolute Gasteiger partial charge is 0.404 e. The number of carbonyl (C=O) groups excluding carboxylic acids is 1. The van der Waals surface area contributed by atoms with Crippen molar-refractivity contribution in [2.45, 2.75) is 60.1 Å². The minimum atomic E-state index is -1.16. The number of ether oxygens (including phenoxy) is 6. The van der Waals surface area contributed by atoms with Gasteiger partial charge in [0.1, 0.15) is 35.3 Å². The molecule has 0 aliphatic carbocycles. The summed E-state index contributed by atoms with van der Waals surface area (Å²) in [6, 6.07) is 9.74. The first kappa shape index (κ1) is 23.8. The van der Waals surface area contributed by atoms with Gasteiger partial charge in [-0.3, -0.25) is 4.99 Å². The third-order valence-electron chi connectivity index (χ3n) is 5.98. The number of hydrogen-bond donors (Lipinski definition) is 1. The van der Waals surface area contributed by atoms with Crippen LogP contribution in [-0.4, -0.2) is 79.1 Å². The van der Waals surface area contributed by atoms with Crippen LogP contribution >= 0.6 is 23.5 Å². The lowest BCUT2D eigenvalue weighted by molar-refractivity contribution is -0.462. The van der Waals surface area contributed by atoms with Gasteiger partial charge in [-0.05, 0) is 26.0 Å². The molecule has 2 saturated heterocycles. The van der Waals surface area contributed by atoms with Crippen molar-refractivity contribution in [1.82, 2.24) is 0 Å². The van der Waals surface area contributed by atoms with E-state index in [1.807, 2.05) is 18.2 Å². The minimum Gasteiger partial charge on any atom is -0.443 e. The summed E-state index contributed by atoms with van der Waals surface area (Å²) in [5.74, 6) is -1.66.